The molecular weight excluding hydrogens is 428 g/mol. The lowest BCUT2D eigenvalue weighted by atomic mass is 9.89. The molecule has 1 fully saturated rings. The molecule has 0 spiro atoms. The van der Waals surface area contributed by atoms with E-state index in [1.807, 2.05) is 35.9 Å². The number of allylic oxidation sites excluding steroid dienone is 2. The van der Waals surface area contributed by atoms with E-state index in [4.69, 9.17) is 4.98 Å². The van der Waals surface area contributed by atoms with E-state index in [0.29, 0.717) is 18.7 Å². The highest BCUT2D eigenvalue weighted by molar-refractivity contribution is 7.09. The maximum Gasteiger partial charge on any atom is 0.156 e. The van der Waals surface area contributed by atoms with E-state index in [-0.39, 0.29) is 5.78 Å². The Kier molecular flexibility index (Phi) is 7.61. The predicted octanol–water partition coefficient (Wildman–Crippen LogP) is 7.00. The highest BCUT2D eigenvalue weighted by Crippen LogP contribution is 2.32. The second-order valence-electron chi connectivity index (χ2n) is 8.77. The summed E-state index contributed by atoms with van der Waals surface area (Å²) in [6, 6.07) is 12.3. The van der Waals surface area contributed by atoms with Crippen LogP contribution in [0.1, 0.15) is 73.5 Å². The van der Waals surface area contributed by atoms with Crippen LogP contribution in [-0.2, 0) is 24.2 Å². The van der Waals surface area contributed by atoms with Crippen molar-refractivity contribution >= 4 is 29.0 Å². The monoisotopic (exact) mass is 460 g/mol. The molecule has 1 aromatic carbocycles. The normalized spacial score (nSPS) is 13.8. The molecule has 0 saturated heterocycles. The Morgan fingerprint density at radius 2 is 2.00 bits per heavy atom. The zero-order chi connectivity index (χ0) is 23.2. The number of thiophene rings is 1. The van der Waals surface area contributed by atoms with E-state index in [1.54, 1.807) is 18.3 Å². The smallest absolute Gasteiger partial charge is 0.156 e. The molecule has 5 heteroatoms. The van der Waals surface area contributed by atoms with E-state index in [1.165, 1.54) is 11.3 Å². The summed E-state index contributed by atoms with van der Waals surface area (Å²) in [6.07, 6.45) is 10.8. The third-order valence-corrected chi connectivity index (χ3v) is 7.18. The van der Waals surface area contributed by atoms with Gasteiger partial charge in [0.25, 0.3) is 0 Å². The fourth-order valence-corrected chi connectivity index (χ4v) is 4.79. The Morgan fingerprint density at radius 1 is 1.21 bits per heavy atom. The minimum Gasteiger partial charge on any atom is -0.507 e. The quantitative estimate of drug-likeness (QED) is 0.262. The van der Waals surface area contributed by atoms with Crippen LogP contribution in [-0.4, -0.2) is 20.4 Å². The summed E-state index contributed by atoms with van der Waals surface area (Å²) in [5.41, 5.74) is 4.96. The van der Waals surface area contributed by atoms with Crippen molar-refractivity contribution in [1.29, 1.82) is 0 Å². The van der Waals surface area contributed by atoms with Crippen molar-refractivity contribution < 1.29 is 9.90 Å². The van der Waals surface area contributed by atoms with Crippen LogP contribution in [0.5, 0.6) is 0 Å². The van der Waals surface area contributed by atoms with Crippen molar-refractivity contribution in [3.8, 4) is 0 Å². The predicted molar refractivity (Wildman–Crippen MR) is 136 cm³/mol. The van der Waals surface area contributed by atoms with Gasteiger partial charge in [0.05, 0.1) is 11.9 Å². The van der Waals surface area contributed by atoms with Crippen molar-refractivity contribution in [2.24, 2.45) is 0 Å². The van der Waals surface area contributed by atoms with Crippen molar-refractivity contribution in [1.82, 2.24) is 9.55 Å². The van der Waals surface area contributed by atoms with Gasteiger partial charge in [0.1, 0.15) is 11.6 Å². The molecule has 1 aliphatic carbocycles. The average Bonchev–Trinajstić information content (AvgIpc) is 3.41. The summed E-state index contributed by atoms with van der Waals surface area (Å²) in [7, 11) is 0. The van der Waals surface area contributed by atoms with Gasteiger partial charge in [-0.1, -0.05) is 43.7 Å². The molecule has 0 unspecified atom stereocenters. The summed E-state index contributed by atoms with van der Waals surface area (Å²) in [5.74, 6) is 1.59. The number of aryl methyl sites for hydroxylation is 1. The Balaban J connectivity index is 1.62. The molecule has 0 bridgehead atoms. The summed E-state index contributed by atoms with van der Waals surface area (Å²) >= 11 is 1.67. The summed E-state index contributed by atoms with van der Waals surface area (Å²) in [4.78, 5) is 18.3. The second-order valence-corrected chi connectivity index (χ2v) is 9.81. The number of aliphatic hydroxyl groups is 1. The maximum absolute atomic E-state index is 12.4. The van der Waals surface area contributed by atoms with E-state index >= 15 is 0 Å². The number of imidazole rings is 1. The molecule has 2 aromatic heterocycles. The number of aromatic nitrogens is 2. The molecule has 4 nitrogen and oxygen atoms in total. The molecule has 0 atom stereocenters. The van der Waals surface area contributed by atoms with E-state index in [9.17, 15) is 9.90 Å². The van der Waals surface area contributed by atoms with Crippen LogP contribution in [0.25, 0.3) is 11.8 Å². The molecule has 0 amide bonds. The van der Waals surface area contributed by atoms with Gasteiger partial charge in [-0.05, 0) is 61.3 Å². The first kappa shape index (κ1) is 23.2. The standard InChI is InChI=1S/C28H32N2O2S/c1-3-4-10-27-29-18-25(16-24(20(2)31)17-26-9-6-15-33-26)30(27)19-21-11-13-23(14-12-21)28(32)22-7-5-8-22/h6,9,11-16,18,32H,3-5,7-8,10,17,19H2,1-2H3/b24-16+. The first-order chi connectivity index (χ1) is 16.0. The fourth-order valence-electron chi connectivity index (χ4n) is 4.06. The van der Waals surface area contributed by atoms with Gasteiger partial charge in [-0.2, -0.15) is 0 Å². The molecule has 3 aromatic rings. The van der Waals surface area contributed by atoms with Gasteiger partial charge in [-0.25, -0.2) is 4.98 Å². The van der Waals surface area contributed by atoms with Gasteiger partial charge in [0.15, 0.2) is 5.78 Å². The maximum atomic E-state index is 12.4. The average molecular weight is 461 g/mol. The Bertz CT molecular complexity index is 1150. The molecular formula is C28H32N2O2S. The number of benzene rings is 1. The Labute approximate surface area is 200 Å². The number of ketones is 1. The van der Waals surface area contributed by atoms with Gasteiger partial charge in [0.2, 0.25) is 0 Å². The van der Waals surface area contributed by atoms with E-state index < -0.39 is 0 Å². The van der Waals surface area contributed by atoms with Gasteiger partial charge in [0, 0.05) is 35.4 Å². The van der Waals surface area contributed by atoms with Crippen LogP contribution in [0.2, 0.25) is 0 Å². The molecule has 1 aliphatic rings. The lowest BCUT2D eigenvalue weighted by Crippen LogP contribution is -2.09. The number of carbonyl (C=O) groups is 1. The van der Waals surface area contributed by atoms with Crippen molar-refractivity contribution in [3.05, 3.63) is 86.6 Å². The SMILES string of the molecule is CCCCc1ncc(/C=C(\Cc2cccs2)C(C)=O)n1Cc1ccc(C(O)=C2CCC2)cc1. The highest BCUT2D eigenvalue weighted by atomic mass is 32.1. The fraction of sp³-hybridized carbons (Fsp3) is 0.357. The molecule has 4 rings (SSSR count). The number of carbonyl (C=O) groups excluding carboxylic acids is 1. The topological polar surface area (TPSA) is 55.1 Å². The first-order valence-electron chi connectivity index (χ1n) is 11.8. The number of aliphatic hydroxyl groups excluding tert-OH is 1. The molecule has 0 radical (unpaired) electrons. The number of nitrogens with zero attached hydrogens (tertiary/aromatic N) is 2. The van der Waals surface area contributed by atoms with Crippen LogP contribution in [0, 0.1) is 0 Å². The summed E-state index contributed by atoms with van der Waals surface area (Å²) in [5, 5.41) is 12.5. The first-order valence-corrected chi connectivity index (χ1v) is 12.7. The molecule has 0 aliphatic heterocycles. The lowest BCUT2D eigenvalue weighted by molar-refractivity contribution is -0.113. The molecule has 1 saturated carbocycles. The lowest BCUT2D eigenvalue weighted by Gasteiger charge is -2.18. The zero-order valence-electron chi connectivity index (χ0n) is 19.5. The molecule has 2 heterocycles. The number of Topliss-reactive ketones (excluding diaryl/α,β-unsaturated/α-hetero) is 1. The van der Waals surface area contributed by atoms with E-state index in [0.717, 1.165) is 65.9 Å². The summed E-state index contributed by atoms with van der Waals surface area (Å²) < 4.78 is 2.23. The van der Waals surface area contributed by atoms with Crippen molar-refractivity contribution in [2.75, 3.05) is 0 Å². The van der Waals surface area contributed by atoms with Crippen LogP contribution in [0.15, 0.2) is 59.1 Å². The van der Waals surface area contributed by atoms with Crippen LogP contribution in [0.3, 0.4) is 0 Å². The summed E-state index contributed by atoms with van der Waals surface area (Å²) in [6.45, 7) is 4.51. The van der Waals surface area contributed by atoms with Gasteiger partial charge >= 0.3 is 0 Å². The number of hydrogen-bond acceptors (Lipinski definition) is 4. The zero-order valence-corrected chi connectivity index (χ0v) is 20.3. The number of rotatable bonds is 10. The number of unbranched alkanes of at least 4 members (excludes halogenated alkanes) is 1. The molecule has 172 valence electrons. The van der Waals surface area contributed by atoms with Crippen LogP contribution < -0.4 is 0 Å². The highest BCUT2D eigenvalue weighted by Gasteiger charge is 2.16. The third-order valence-electron chi connectivity index (χ3n) is 6.30. The second kappa shape index (κ2) is 10.8. The van der Waals surface area contributed by atoms with Crippen molar-refractivity contribution in [2.45, 2.75) is 65.3 Å². The minimum atomic E-state index is 0.0927. The largest absolute Gasteiger partial charge is 0.507 e. The van der Waals surface area contributed by atoms with Gasteiger partial charge in [-0.3, -0.25) is 4.79 Å². The minimum absolute atomic E-state index is 0.0927. The molecule has 33 heavy (non-hydrogen) atoms. The Morgan fingerprint density at radius 3 is 2.61 bits per heavy atom. The van der Waals surface area contributed by atoms with Gasteiger partial charge < -0.3 is 9.67 Å². The Hall–Kier alpha value is -2.92. The van der Waals surface area contributed by atoms with E-state index in [2.05, 4.69) is 29.7 Å². The van der Waals surface area contributed by atoms with Crippen LogP contribution in [0.4, 0.5) is 0 Å². The van der Waals surface area contributed by atoms with Crippen molar-refractivity contribution in [3.63, 3.8) is 0 Å². The van der Waals surface area contributed by atoms with Gasteiger partial charge in [-0.15, -0.1) is 11.3 Å². The molecule has 1 N–H and O–H groups in total. The number of hydrogen-bond donors (Lipinski definition) is 1. The van der Waals surface area contributed by atoms with Crippen LogP contribution >= 0.6 is 11.3 Å². The third kappa shape index (κ3) is 5.72.